The van der Waals surface area contributed by atoms with Crippen LogP contribution in [0.25, 0.3) is 10.9 Å². The lowest BCUT2D eigenvalue weighted by Gasteiger charge is -2.11. The van der Waals surface area contributed by atoms with Gasteiger partial charge in [-0.15, -0.1) is 0 Å². The lowest BCUT2D eigenvalue weighted by Crippen LogP contribution is -1.97. The first kappa shape index (κ1) is 11.7. The second kappa shape index (κ2) is 4.73. The molecule has 0 bridgehead atoms. The zero-order chi connectivity index (χ0) is 11.8. The predicted octanol–water partition coefficient (Wildman–Crippen LogP) is 5.15. The van der Waals surface area contributed by atoms with Gasteiger partial charge in [0.2, 0.25) is 0 Å². The maximum atomic E-state index is 6.37. The first-order valence-electron chi connectivity index (χ1n) is 6.00. The second-order valence-electron chi connectivity index (χ2n) is 4.67. The van der Waals surface area contributed by atoms with Crippen molar-refractivity contribution >= 4 is 45.1 Å². The molecule has 0 saturated heterocycles. The molecule has 0 unspecified atom stereocenters. The van der Waals surface area contributed by atoms with Crippen LogP contribution in [0.1, 0.15) is 37.3 Å². The molecule has 0 N–H and O–H groups in total. The highest BCUT2D eigenvalue weighted by Gasteiger charge is 2.19. The Labute approximate surface area is 120 Å². The normalized spacial score (nSPS) is 16.8. The number of pyridine rings is 1. The predicted molar refractivity (Wildman–Crippen MR) is 80.7 cm³/mol. The Morgan fingerprint density at radius 3 is 2.71 bits per heavy atom. The van der Waals surface area contributed by atoms with E-state index >= 15 is 0 Å². The molecule has 1 aliphatic carbocycles. The Kier molecular flexibility index (Phi) is 3.26. The Balaban J connectivity index is 2.13. The molecule has 2 aromatic rings. The van der Waals surface area contributed by atoms with E-state index < -0.39 is 0 Å². The van der Waals surface area contributed by atoms with Crippen LogP contribution in [0.3, 0.4) is 0 Å². The molecule has 1 aromatic carbocycles. The van der Waals surface area contributed by atoms with Gasteiger partial charge in [-0.25, -0.2) is 0 Å². The van der Waals surface area contributed by atoms with Gasteiger partial charge in [-0.3, -0.25) is 4.98 Å². The highest BCUT2D eigenvalue weighted by atomic mass is 127. The number of aromatic nitrogens is 1. The Hall–Kier alpha value is -0.350. The summed E-state index contributed by atoms with van der Waals surface area (Å²) < 4.78 is 1.20. The first-order valence-corrected chi connectivity index (χ1v) is 7.45. The van der Waals surface area contributed by atoms with Crippen molar-refractivity contribution in [3.63, 3.8) is 0 Å². The van der Waals surface area contributed by atoms with Gasteiger partial charge < -0.3 is 0 Å². The van der Waals surface area contributed by atoms with E-state index in [1.165, 1.54) is 34.9 Å². The molecular weight excluding hydrogens is 345 g/mol. The van der Waals surface area contributed by atoms with Crippen molar-refractivity contribution in [2.45, 2.75) is 31.6 Å². The Bertz CT molecular complexity index is 561. The SMILES string of the molecule is Clc1cc(C2CCCC2)nc2ccc(I)cc12. The summed E-state index contributed by atoms with van der Waals surface area (Å²) in [5.74, 6) is 0.621. The van der Waals surface area contributed by atoms with Gasteiger partial charge >= 0.3 is 0 Å². The second-order valence-corrected chi connectivity index (χ2v) is 6.32. The lowest BCUT2D eigenvalue weighted by atomic mass is 10.0. The fourth-order valence-electron chi connectivity index (χ4n) is 2.61. The van der Waals surface area contributed by atoms with Crippen LogP contribution in [0.4, 0.5) is 0 Å². The van der Waals surface area contributed by atoms with Crippen molar-refractivity contribution in [1.29, 1.82) is 0 Å². The molecule has 88 valence electrons. The number of hydrogen-bond acceptors (Lipinski definition) is 1. The molecule has 0 amide bonds. The standard InChI is InChI=1S/C14H13ClIN/c15-12-8-14(9-3-1-2-4-9)17-13-6-5-10(16)7-11(12)13/h5-9H,1-4H2. The molecule has 0 radical (unpaired) electrons. The molecule has 0 spiro atoms. The number of hydrogen-bond donors (Lipinski definition) is 0. The smallest absolute Gasteiger partial charge is 0.0721 e. The Morgan fingerprint density at radius 2 is 1.94 bits per heavy atom. The van der Waals surface area contributed by atoms with Gasteiger partial charge in [-0.05, 0) is 59.7 Å². The molecule has 0 aliphatic heterocycles. The minimum atomic E-state index is 0.621. The van der Waals surface area contributed by atoms with E-state index in [9.17, 15) is 0 Å². The van der Waals surface area contributed by atoms with Crippen LogP contribution in [-0.4, -0.2) is 4.98 Å². The molecule has 3 rings (SSSR count). The van der Waals surface area contributed by atoms with E-state index in [1.54, 1.807) is 0 Å². The number of nitrogens with zero attached hydrogens (tertiary/aromatic N) is 1. The summed E-state index contributed by atoms with van der Waals surface area (Å²) >= 11 is 8.67. The summed E-state index contributed by atoms with van der Waals surface area (Å²) in [4.78, 5) is 4.77. The van der Waals surface area contributed by atoms with E-state index in [0.717, 1.165) is 15.9 Å². The third-order valence-corrected chi connectivity index (χ3v) is 4.50. The zero-order valence-corrected chi connectivity index (χ0v) is 12.3. The first-order chi connectivity index (χ1) is 8.24. The Morgan fingerprint density at radius 1 is 1.18 bits per heavy atom. The van der Waals surface area contributed by atoms with Gasteiger partial charge in [-0.2, -0.15) is 0 Å². The van der Waals surface area contributed by atoms with Crippen LogP contribution in [0.2, 0.25) is 5.02 Å². The number of fused-ring (bicyclic) bond motifs is 1. The van der Waals surface area contributed by atoms with Crippen LogP contribution in [0.5, 0.6) is 0 Å². The molecule has 1 nitrogen and oxygen atoms in total. The van der Waals surface area contributed by atoms with E-state index in [-0.39, 0.29) is 0 Å². The van der Waals surface area contributed by atoms with Gasteiger partial charge in [-0.1, -0.05) is 24.4 Å². The van der Waals surface area contributed by atoms with E-state index in [0.29, 0.717) is 5.92 Å². The monoisotopic (exact) mass is 357 g/mol. The molecule has 1 heterocycles. The van der Waals surface area contributed by atoms with Crippen molar-refractivity contribution in [2.24, 2.45) is 0 Å². The topological polar surface area (TPSA) is 12.9 Å². The van der Waals surface area contributed by atoms with Crippen LogP contribution in [0, 0.1) is 3.57 Å². The van der Waals surface area contributed by atoms with Crippen molar-refractivity contribution in [2.75, 3.05) is 0 Å². The average molecular weight is 358 g/mol. The van der Waals surface area contributed by atoms with Gasteiger partial charge in [0.25, 0.3) is 0 Å². The van der Waals surface area contributed by atoms with Gasteiger partial charge in [0, 0.05) is 20.6 Å². The summed E-state index contributed by atoms with van der Waals surface area (Å²) in [5.41, 5.74) is 2.21. The molecular formula is C14H13ClIN. The van der Waals surface area contributed by atoms with Crippen LogP contribution < -0.4 is 0 Å². The summed E-state index contributed by atoms with van der Waals surface area (Å²) in [6.07, 6.45) is 5.18. The number of halogens is 2. The third-order valence-electron chi connectivity index (χ3n) is 3.51. The zero-order valence-electron chi connectivity index (χ0n) is 9.42. The van der Waals surface area contributed by atoms with E-state index in [2.05, 4.69) is 46.9 Å². The molecule has 1 fully saturated rings. The van der Waals surface area contributed by atoms with Crippen molar-refractivity contribution in [1.82, 2.24) is 4.98 Å². The van der Waals surface area contributed by atoms with Crippen molar-refractivity contribution < 1.29 is 0 Å². The van der Waals surface area contributed by atoms with Crippen LogP contribution in [0.15, 0.2) is 24.3 Å². The van der Waals surface area contributed by atoms with E-state index in [4.69, 9.17) is 16.6 Å². The fraction of sp³-hybridized carbons (Fsp3) is 0.357. The van der Waals surface area contributed by atoms with Gasteiger partial charge in [0.1, 0.15) is 0 Å². The molecule has 17 heavy (non-hydrogen) atoms. The number of rotatable bonds is 1. The van der Waals surface area contributed by atoms with Crippen molar-refractivity contribution in [3.8, 4) is 0 Å². The lowest BCUT2D eigenvalue weighted by molar-refractivity contribution is 0.701. The van der Waals surface area contributed by atoms with Crippen LogP contribution in [-0.2, 0) is 0 Å². The largest absolute Gasteiger partial charge is 0.252 e. The average Bonchev–Trinajstić information content (AvgIpc) is 2.83. The number of benzene rings is 1. The molecule has 3 heteroatoms. The maximum Gasteiger partial charge on any atom is 0.0721 e. The van der Waals surface area contributed by atoms with Gasteiger partial charge in [0.15, 0.2) is 0 Å². The summed E-state index contributed by atoms with van der Waals surface area (Å²) in [5, 5.41) is 1.91. The maximum absolute atomic E-state index is 6.37. The highest BCUT2D eigenvalue weighted by molar-refractivity contribution is 14.1. The molecule has 1 aliphatic rings. The highest BCUT2D eigenvalue weighted by Crippen LogP contribution is 2.36. The van der Waals surface area contributed by atoms with Crippen molar-refractivity contribution in [3.05, 3.63) is 38.6 Å². The molecule has 1 saturated carbocycles. The van der Waals surface area contributed by atoms with Gasteiger partial charge in [0.05, 0.1) is 10.5 Å². The molecule has 1 aromatic heterocycles. The summed E-state index contributed by atoms with van der Waals surface area (Å²) in [6, 6.07) is 8.33. The van der Waals surface area contributed by atoms with Crippen LogP contribution >= 0.6 is 34.2 Å². The summed E-state index contributed by atoms with van der Waals surface area (Å²) in [7, 11) is 0. The minimum absolute atomic E-state index is 0.621. The summed E-state index contributed by atoms with van der Waals surface area (Å²) in [6.45, 7) is 0. The third kappa shape index (κ3) is 2.29. The quantitative estimate of drug-likeness (QED) is 0.643. The molecule has 0 atom stereocenters. The fourth-order valence-corrected chi connectivity index (χ4v) is 3.36. The minimum Gasteiger partial charge on any atom is -0.252 e. The van der Waals surface area contributed by atoms with E-state index in [1.807, 2.05) is 0 Å².